The average Bonchev–Trinajstić information content (AvgIpc) is 2.74. The third-order valence-corrected chi connectivity index (χ3v) is 4.62. The highest BCUT2D eigenvalue weighted by molar-refractivity contribution is 5.93. The number of aliphatic hydroxyl groups excluding tert-OH is 1. The summed E-state index contributed by atoms with van der Waals surface area (Å²) in [6.07, 6.45) is 6.59. The molecule has 0 aliphatic heterocycles. The number of aryl methyl sites for hydroxylation is 1. The van der Waals surface area contributed by atoms with Crippen LogP contribution in [0.5, 0.6) is 0 Å². The zero-order valence-electron chi connectivity index (χ0n) is 15.6. The Kier molecular flexibility index (Phi) is 4.67. The summed E-state index contributed by atoms with van der Waals surface area (Å²) in [7, 11) is 0. The van der Waals surface area contributed by atoms with Crippen LogP contribution in [0.4, 0.5) is 0 Å². The van der Waals surface area contributed by atoms with E-state index in [2.05, 4.69) is 15.0 Å². The van der Waals surface area contributed by atoms with Gasteiger partial charge in [-0.15, -0.1) is 0 Å². The fourth-order valence-electron chi connectivity index (χ4n) is 3.00. The number of nitrogens with zero attached hydrogens (tertiary/aromatic N) is 5. The Morgan fingerprint density at radius 1 is 1.14 bits per heavy atom. The Bertz CT molecular complexity index is 1190. The van der Waals surface area contributed by atoms with Crippen molar-refractivity contribution in [2.24, 2.45) is 0 Å². The van der Waals surface area contributed by atoms with Crippen LogP contribution in [0.25, 0.3) is 33.5 Å². The molecular weight excluding hydrogens is 354 g/mol. The number of fused-ring (bicyclic) bond motifs is 1. The molecule has 4 aromatic rings. The van der Waals surface area contributed by atoms with Gasteiger partial charge in [-0.25, -0.2) is 9.97 Å². The fourth-order valence-corrected chi connectivity index (χ4v) is 3.00. The summed E-state index contributed by atoms with van der Waals surface area (Å²) in [6, 6.07) is 8.86. The first-order valence-electron chi connectivity index (χ1n) is 8.94. The molecule has 0 saturated heterocycles. The summed E-state index contributed by atoms with van der Waals surface area (Å²) >= 11 is 0. The fraction of sp³-hybridized carbons (Fsp3) is 0.190. The van der Waals surface area contributed by atoms with Gasteiger partial charge in [-0.05, 0) is 43.7 Å². The van der Waals surface area contributed by atoms with E-state index in [-0.39, 0.29) is 18.2 Å². The van der Waals surface area contributed by atoms with Gasteiger partial charge in [0.2, 0.25) is 0 Å². The highest BCUT2D eigenvalue weighted by Crippen LogP contribution is 2.27. The molecule has 0 amide bonds. The maximum absolute atomic E-state index is 13.1. The van der Waals surface area contributed by atoms with E-state index in [1.54, 1.807) is 31.6 Å². The normalized spacial score (nSPS) is 12.2. The number of aliphatic hydroxyl groups is 1. The molecule has 0 radical (unpaired) electrons. The quantitative estimate of drug-likeness (QED) is 0.591. The van der Waals surface area contributed by atoms with Gasteiger partial charge in [-0.1, -0.05) is 6.07 Å². The van der Waals surface area contributed by atoms with Crippen LogP contribution in [0.3, 0.4) is 0 Å². The summed E-state index contributed by atoms with van der Waals surface area (Å²) in [5.41, 5.74) is 3.90. The van der Waals surface area contributed by atoms with Gasteiger partial charge in [0.25, 0.3) is 5.56 Å². The SMILES string of the molecule is Cc1ccc(-c2cc3c(=O)n(C(C)CO)cnc3c(-c3cccnc3)n2)nc1. The topological polar surface area (TPSA) is 93.8 Å². The second-order valence-corrected chi connectivity index (χ2v) is 6.70. The molecular formula is C21H19N5O2. The Hall–Kier alpha value is -3.45. The van der Waals surface area contributed by atoms with Crippen LogP contribution in [0, 0.1) is 6.92 Å². The monoisotopic (exact) mass is 373 g/mol. The van der Waals surface area contributed by atoms with E-state index in [0.717, 1.165) is 11.1 Å². The minimum absolute atomic E-state index is 0.153. The van der Waals surface area contributed by atoms with Crippen LogP contribution in [0.2, 0.25) is 0 Å². The lowest BCUT2D eigenvalue weighted by Gasteiger charge is -2.14. The number of aromatic nitrogens is 5. The molecule has 1 N–H and O–H groups in total. The molecule has 0 aliphatic carbocycles. The molecule has 4 aromatic heterocycles. The maximum Gasteiger partial charge on any atom is 0.261 e. The van der Waals surface area contributed by atoms with E-state index in [1.807, 2.05) is 31.2 Å². The standard InChI is InChI=1S/C21H19N5O2/c1-13-5-6-17(23-9-13)18-8-16-20(19(25-18)15-4-3-7-22-10-15)24-12-26(21(16)28)14(2)11-27/h3-10,12,14,27H,11H2,1-2H3. The zero-order valence-corrected chi connectivity index (χ0v) is 15.6. The largest absolute Gasteiger partial charge is 0.394 e. The highest BCUT2D eigenvalue weighted by Gasteiger charge is 2.17. The van der Waals surface area contributed by atoms with E-state index in [0.29, 0.717) is 28.0 Å². The third kappa shape index (κ3) is 3.16. The molecule has 4 heterocycles. The molecule has 140 valence electrons. The van der Waals surface area contributed by atoms with Crippen molar-refractivity contribution >= 4 is 10.9 Å². The van der Waals surface area contributed by atoms with E-state index in [1.165, 1.54) is 10.9 Å². The van der Waals surface area contributed by atoms with Crippen LogP contribution < -0.4 is 5.56 Å². The van der Waals surface area contributed by atoms with Crippen molar-refractivity contribution in [3.63, 3.8) is 0 Å². The minimum Gasteiger partial charge on any atom is -0.394 e. The van der Waals surface area contributed by atoms with Crippen molar-refractivity contribution < 1.29 is 5.11 Å². The molecule has 4 rings (SSSR count). The Labute approximate surface area is 161 Å². The molecule has 7 heteroatoms. The van der Waals surface area contributed by atoms with Crippen molar-refractivity contribution in [2.75, 3.05) is 6.61 Å². The lowest BCUT2D eigenvalue weighted by molar-refractivity contribution is 0.236. The summed E-state index contributed by atoms with van der Waals surface area (Å²) in [4.78, 5) is 30.9. The van der Waals surface area contributed by atoms with Gasteiger partial charge in [0.05, 0.1) is 41.4 Å². The molecule has 0 aromatic carbocycles. The Balaban J connectivity index is 2.04. The third-order valence-electron chi connectivity index (χ3n) is 4.62. The van der Waals surface area contributed by atoms with Gasteiger partial charge in [-0.2, -0.15) is 0 Å². The van der Waals surface area contributed by atoms with Crippen molar-refractivity contribution in [2.45, 2.75) is 19.9 Å². The predicted molar refractivity (Wildman–Crippen MR) is 107 cm³/mol. The zero-order chi connectivity index (χ0) is 19.7. The summed E-state index contributed by atoms with van der Waals surface area (Å²) in [5.74, 6) is 0. The van der Waals surface area contributed by atoms with Crippen molar-refractivity contribution in [1.29, 1.82) is 0 Å². The lowest BCUT2D eigenvalue weighted by Crippen LogP contribution is -2.25. The summed E-state index contributed by atoms with van der Waals surface area (Å²) < 4.78 is 1.43. The van der Waals surface area contributed by atoms with Crippen LogP contribution >= 0.6 is 0 Å². The van der Waals surface area contributed by atoms with Crippen LogP contribution in [-0.4, -0.2) is 36.2 Å². The van der Waals surface area contributed by atoms with Gasteiger partial charge in [0.15, 0.2) is 0 Å². The molecule has 0 saturated carbocycles. The van der Waals surface area contributed by atoms with E-state index in [9.17, 15) is 9.90 Å². The predicted octanol–water partition coefficient (Wildman–Crippen LogP) is 2.78. The van der Waals surface area contributed by atoms with Gasteiger partial charge < -0.3 is 5.11 Å². The number of hydrogen-bond donors (Lipinski definition) is 1. The molecule has 1 atom stereocenters. The molecule has 0 fully saturated rings. The Morgan fingerprint density at radius 3 is 2.68 bits per heavy atom. The molecule has 7 nitrogen and oxygen atoms in total. The smallest absolute Gasteiger partial charge is 0.261 e. The highest BCUT2D eigenvalue weighted by atomic mass is 16.3. The first-order valence-corrected chi connectivity index (χ1v) is 8.94. The van der Waals surface area contributed by atoms with E-state index < -0.39 is 0 Å². The van der Waals surface area contributed by atoms with Gasteiger partial charge in [0, 0.05) is 24.2 Å². The minimum atomic E-state index is -0.375. The maximum atomic E-state index is 13.1. The summed E-state index contributed by atoms with van der Waals surface area (Å²) in [5, 5.41) is 9.88. The van der Waals surface area contributed by atoms with E-state index in [4.69, 9.17) is 4.98 Å². The molecule has 1 unspecified atom stereocenters. The van der Waals surface area contributed by atoms with E-state index >= 15 is 0 Å². The average molecular weight is 373 g/mol. The van der Waals surface area contributed by atoms with Crippen LogP contribution in [0.15, 0.2) is 60.0 Å². The van der Waals surface area contributed by atoms with Crippen molar-refractivity contribution in [1.82, 2.24) is 24.5 Å². The molecule has 0 aliphatic rings. The van der Waals surface area contributed by atoms with Gasteiger partial charge >= 0.3 is 0 Å². The second kappa shape index (κ2) is 7.28. The second-order valence-electron chi connectivity index (χ2n) is 6.70. The lowest BCUT2D eigenvalue weighted by atomic mass is 10.1. The first kappa shape index (κ1) is 17.9. The molecule has 28 heavy (non-hydrogen) atoms. The van der Waals surface area contributed by atoms with Gasteiger partial charge in [0.1, 0.15) is 5.52 Å². The molecule has 0 bridgehead atoms. The van der Waals surface area contributed by atoms with Crippen LogP contribution in [-0.2, 0) is 0 Å². The number of pyridine rings is 3. The van der Waals surface area contributed by atoms with Crippen molar-refractivity contribution in [3.05, 3.63) is 71.2 Å². The van der Waals surface area contributed by atoms with Gasteiger partial charge in [-0.3, -0.25) is 19.3 Å². The number of rotatable bonds is 4. The molecule has 0 spiro atoms. The summed E-state index contributed by atoms with van der Waals surface area (Å²) in [6.45, 7) is 3.57. The van der Waals surface area contributed by atoms with Crippen LogP contribution in [0.1, 0.15) is 18.5 Å². The number of hydrogen-bond acceptors (Lipinski definition) is 6. The first-order chi connectivity index (χ1) is 13.6. The Morgan fingerprint density at radius 2 is 2.00 bits per heavy atom. The van der Waals surface area contributed by atoms with Crippen molar-refractivity contribution in [3.8, 4) is 22.6 Å².